The van der Waals surface area contributed by atoms with Crippen molar-refractivity contribution < 1.29 is 19.0 Å². The molecule has 2 N–H and O–H groups in total. The van der Waals surface area contributed by atoms with E-state index in [-0.39, 0.29) is 24.7 Å². The Hall–Kier alpha value is -4.33. The lowest BCUT2D eigenvalue weighted by Crippen LogP contribution is -2.46. The molecule has 10 heteroatoms. The molecule has 1 unspecified atom stereocenters. The van der Waals surface area contributed by atoms with Gasteiger partial charge in [0.25, 0.3) is 5.91 Å². The molecule has 2 aromatic carbocycles. The van der Waals surface area contributed by atoms with E-state index in [2.05, 4.69) is 14.8 Å². The quantitative estimate of drug-likeness (QED) is 0.243. The van der Waals surface area contributed by atoms with Crippen LogP contribution in [0.5, 0.6) is 5.88 Å². The zero-order valence-electron chi connectivity index (χ0n) is 25.5. The molecule has 1 saturated heterocycles. The summed E-state index contributed by atoms with van der Waals surface area (Å²) in [6, 6.07) is 17.6. The van der Waals surface area contributed by atoms with Crippen molar-refractivity contribution in [3.05, 3.63) is 88.6 Å². The van der Waals surface area contributed by atoms with E-state index in [9.17, 15) is 14.3 Å². The van der Waals surface area contributed by atoms with Crippen molar-refractivity contribution in [1.82, 2.24) is 24.8 Å². The highest BCUT2D eigenvalue weighted by Gasteiger charge is 2.26. The van der Waals surface area contributed by atoms with Crippen LogP contribution in [0, 0.1) is 17.1 Å². The van der Waals surface area contributed by atoms with Crippen molar-refractivity contribution in [3.8, 4) is 11.9 Å². The number of aryl methyl sites for hydroxylation is 1. The third kappa shape index (κ3) is 7.07. The highest BCUT2D eigenvalue weighted by molar-refractivity contribution is 5.97. The topological polar surface area (TPSA) is 116 Å². The molecule has 0 bridgehead atoms. The number of fused-ring (bicyclic) bond motifs is 1. The van der Waals surface area contributed by atoms with Gasteiger partial charge >= 0.3 is 0 Å². The first-order valence-electron chi connectivity index (χ1n) is 15.1. The third-order valence-corrected chi connectivity index (χ3v) is 8.77. The van der Waals surface area contributed by atoms with Crippen molar-refractivity contribution >= 4 is 16.9 Å². The maximum Gasteiger partial charge on any atom is 0.251 e. The molecule has 5 rings (SSSR count). The van der Waals surface area contributed by atoms with E-state index in [0.29, 0.717) is 35.9 Å². The number of aliphatic hydroxyl groups excluding tert-OH is 1. The van der Waals surface area contributed by atoms with Crippen molar-refractivity contribution in [3.63, 3.8) is 0 Å². The van der Waals surface area contributed by atoms with Gasteiger partial charge in [0.1, 0.15) is 18.2 Å². The normalized spacial score (nSPS) is 15.5. The molecule has 1 atom stereocenters. The summed E-state index contributed by atoms with van der Waals surface area (Å²) >= 11 is 0. The van der Waals surface area contributed by atoms with E-state index in [1.807, 2.05) is 51.2 Å². The minimum Gasteiger partial charge on any atom is -0.473 e. The summed E-state index contributed by atoms with van der Waals surface area (Å²) in [5.41, 5.74) is 3.50. The van der Waals surface area contributed by atoms with Crippen molar-refractivity contribution in [2.45, 2.75) is 64.1 Å². The van der Waals surface area contributed by atoms with Gasteiger partial charge in [-0.25, -0.2) is 14.4 Å². The van der Waals surface area contributed by atoms with Crippen LogP contribution >= 0.6 is 0 Å². The number of hydrogen-bond donors (Lipinski definition) is 2. The Balaban J connectivity index is 1.18. The number of likely N-dealkylation sites (tertiary alicyclic amines) is 1. The number of amides is 1. The van der Waals surface area contributed by atoms with Crippen LogP contribution in [0.15, 0.2) is 54.6 Å². The number of aliphatic hydroxyl groups is 1. The average Bonchev–Trinajstić information content (AvgIpc) is 3.34. The zero-order valence-corrected chi connectivity index (χ0v) is 25.5. The van der Waals surface area contributed by atoms with Crippen molar-refractivity contribution in [2.24, 2.45) is 7.05 Å². The van der Waals surface area contributed by atoms with Gasteiger partial charge in [-0.15, -0.1) is 0 Å². The van der Waals surface area contributed by atoms with E-state index >= 15 is 0 Å². The molecular weight excluding hydrogens is 559 g/mol. The van der Waals surface area contributed by atoms with Gasteiger partial charge in [-0.2, -0.15) is 5.26 Å². The third-order valence-electron chi connectivity index (χ3n) is 8.77. The number of carbonyl (C=O) groups excluding carboxylic acids is 1. The number of rotatable bonds is 11. The van der Waals surface area contributed by atoms with Gasteiger partial charge in [-0.1, -0.05) is 19.1 Å². The van der Waals surface area contributed by atoms with Gasteiger partial charge < -0.3 is 19.7 Å². The number of nitrogens with zero attached hydrogens (tertiary/aromatic N) is 5. The predicted molar refractivity (Wildman–Crippen MR) is 166 cm³/mol. The van der Waals surface area contributed by atoms with Gasteiger partial charge in [-0.3, -0.25) is 9.69 Å². The summed E-state index contributed by atoms with van der Waals surface area (Å²) in [6.45, 7) is 6.51. The summed E-state index contributed by atoms with van der Waals surface area (Å²) in [5.74, 6) is 1.07. The number of halogens is 1. The van der Waals surface area contributed by atoms with E-state index in [0.717, 1.165) is 54.9 Å². The molecule has 0 spiro atoms. The maximum absolute atomic E-state index is 14.2. The number of ether oxygens (including phenoxy) is 1. The van der Waals surface area contributed by atoms with Crippen LogP contribution in [0.4, 0.5) is 4.39 Å². The fourth-order valence-electron chi connectivity index (χ4n) is 5.65. The second-order valence-electron chi connectivity index (χ2n) is 11.8. The van der Waals surface area contributed by atoms with Crippen LogP contribution in [0.1, 0.15) is 78.5 Å². The second kappa shape index (κ2) is 13.5. The number of benzene rings is 2. The Morgan fingerprint density at radius 3 is 2.68 bits per heavy atom. The summed E-state index contributed by atoms with van der Waals surface area (Å²) in [5, 5.41) is 21.4. The number of imidazole rings is 1. The fraction of sp³-hybridized carbons (Fsp3) is 0.412. The monoisotopic (exact) mass is 598 g/mol. The summed E-state index contributed by atoms with van der Waals surface area (Å²) in [4.78, 5) is 25.0. The highest BCUT2D eigenvalue weighted by Crippen LogP contribution is 2.29. The minimum absolute atomic E-state index is 0.0205. The zero-order chi connectivity index (χ0) is 31.3. The van der Waals surface area contributed by atoms with Gasteiger partial charge in [0.2, 0.25) is 5.88 Å². The molecule has 1 aliphatic heterocycles. The summed E-state index contributed by atoms with van der Waals surface area (Å²) in [7, 11) is 1.99. The van der Waals surface area contributed by atoms with Crippen LogP contribution in [0.3, 0.4) is 0 Å². The van der Waals surface area contributed by atoms with Crippen LogP contribution in [0.25, 0.3) is 11.0 Å². The first-order chi connectivity index (χ1) is 21.2. The first-order valence-corrected chi connectivity index (χ1v) is 15.1. The highest BCUT2D eigenvalue weighted by atomic mass is 19.1. The number of piperidine rings is 1. The van der Waals surface area contributed by atoms with Crippen LogP contribution < -0.4 is 10.1 Å². The fourth-order valence-corrected chi connectivity index (χ4v) is 5.65. The van der Waals surface area contributed by atoms with Crippen molar-refractivity contribution in [1.29, 1.82) is 5.26 Å². The van der Waals surface area contributed by atoms with Gasteiger partial charge in [0, 0.05) is 48.0 Å². The number of hydrogen-bond acceptors (Lipinski definition) is 7. The Morgan fingerprint density at radius 1 is 1.18 bits per heavy atom. The number of nitriles is 1. The largest absolute Gasteiger partial charge is 0.473 e. The van der Waals surface area contributed by atoms with E-state index < -0.39 is 11.4 Å². The van der Waals surface area contributed by atoms with Gasteiger partial charge in [-0.05, 0) is 82.1 Å². The lowest BCUT2D eigenvalue weighted by molar-refractivity contribution is 0.0886. The summed E-state index contributed by atoms with van der Waals surface area (Å²) < 4.78 is 22.1. The molecular formula is C34H39FN6O3. The number of carbonyl (C=O) groups is 1. The number of aromatic nitrogens is 3. The predicted octanol–water partition coefficient (Wildman–Crippen LogP) is 5.22. The molecule has 1 fully saturated rings. The van der Waals surface area contributed by atoms with Crippen LogP contribution in [0.2, 0.25) is 0 Å². The molecule has 230 valence electrons. The van der Waals surface area contributed by atoms with Crippen LogP contribution in [-0.4, -0.2) is 55.7 Å². The van der Waals surface area contributed by atoms with Crippen LogP contribution in [-0.2, 0) is 20.2 Å². The molecule has 2 aromatic heterocycles. The Bertz CT molecular complexity index is 1670. The first kappa shape index (κ1) is 31.1. The van der Waals surface area contributed by atoms with E-state index in [1.165, 1.54) is 6.07 Å². The van der Waals surface area contributed by atoms with Crippen molar-refractivity contribution in [2.75, 3.05) is 19.7 Å². The standard InChI is InChI=1S/C34H39FN6O3/c1-4-34(2,14-17-42)39-33(43)25-10-11-29-30(19-25)40(3)31(37-29)21-41-15-12-24(13-16-41)28-6-5-7-32(38-28)44-22-26-9-8-23(20-36)18-27(26)35/h5-11,18-19,24,42H,4,12-17,21-22H2,1-3H3,(H,39,43). The Kier molecular flexibility index (Phi) is 9.57. The molecule has 9 nitrogen and oxygen atoms in total. The Labute approximate surface area is 257 Å². The summed E-state index contributed by atoms with van der Waals surface area (Å²) in [6.07, 6.45) is 3.11. The number of nitrogens with one attached hydrogen (secondary N) is 1. The van der Waals surface area contributed by atoms with Gasteiger partial charge in [0.05, 0.1) is 29.2 Å². The maximum atomic E-state index is 14.2. The minimum atomic E-state index is -0.465. The molecule has 44 heavy (non-hydrogen) atoms. The molecule has 0 radical (unpaired) electrons. The molecule has 0 saturated carbocycles. The Morgan fingerprint density at radius 2 is 1.98 bits per heavy atom. The molecule has 3 heterocycles. The molecule has 4 aromatic rings. The molecule has 1 amide bonds. The molecule has 0 aliphatic carbocycles. The lowest BCUT2D eigenvalue weighted by Gasteiger charge is -2.31. The van der Waals surface area contributed by atoms with E-state index in [4.69, 9.17) is 20.0 Å². The smallest absolute Gasteiger partial charge is 0.251 e. The van der Waals surface area contributed by atoms with Gasteiger partial charge in [0.15, 0.2) is 0 Å². The lowest BCUT2D eigenvalue weighted by atomic mass is 9.93. The second-order valence-corrected chi connectivity index (χ2v) is 11.8. The SMILES string of the molecule is CCC(C)(CCO)NC(=O)c1ccc2nc(CN3CCC(c4cccc(OCc5ccc(C#N)cc5F)n4)CC3)n(C)c2c1. The van der Waals surface area contributed by atoms with E-state index in [1.54, 1.807) is 24.3 Å². The number of pyridine rings is 1. The average molecular weight is 599 g/mol. The molecule has 1 aliphatic rings.